The first-order valence-corrected chi connectivity index (χ1v) is 7.76. The van der Waals surface area contributed by atoms with Gasteiger partial charge in [-0.05, 0) is 44.6 Å². The average molecular weight is 275 g/mol. The standard InChI is InChI=1S/C17H29N3/c1-19-15-9-7-14(8-10-15)16(13-20(2)3)17(18)11-5-4-6-12-17/h7-10,16,19H,4-6,11-13,18H2,1-3H3. The van der Waals surface area contributed by atoms with Gasteiger partial charge in [0, 0.05) is 30.7 Å². The zero-order chi connectivity index (χ0) is 14.6. The molecular formula is C17H29N3. The van der Waals surface area contributed by atoms with E-state index in [-0.39, 0.29) is 5.54 Å². The number of hydrogen-bond acceptors (Lipinski definition) is 3. The zero-order valence-electron chi connectivity index (χ0n) is 13.2. The molecule has 0 radical (unpaired) electrons. The Morgan fingerprint density at radius 2 is 1.75 bits per heavy atom. The van der Waals surface area contributed by atoms with E-state index in [2.05, 4.69) is 48.6 Å². The predicted molar refractivity (Wildman–Crippen MR) is 87.3 cm³/mol. The third kappa shape index (κ3) is 3.53. The van der Waals surface area contributed by atoms with Crippen molar-refractivity contribution >= 4 is 5.69 Å². The summed E-state index contributed by atoms with van der Waals surface area (Å²) in [4.78, 5) is 2.26. The van der Waals surface area contributed by atoms with E-state index in [0.717, 1.165) is 25.1 Å². The van der Waals surface area contributed by atoms with E-state index in [1.54, 1.807) is 0 Å². The lowest BCUT2D eigenvalue weighted by atomic mass is 9.70. The smallest absolute Gasteiger partial charge is 0.0337 e. The second kappa shape index (κ2) is 6.59. The summed E-state index contributed by atoms with van der Waals surface area (Å²) in [5.41, 5.74) is 9.31. The van der Waals surface area contributed by atoms with E-state index in [9.17, 15) is 0 Å². The molecule has 3 N–H and O–H groups in total. The summed E-state index contributed by atoms with van der Waals surface area (Å²) >= 11 is 0. The van der Waals surface area contributed by atoms with Crippen LogP contribution >= 0.6 is 0 Å². The summed E-state index contributed by atoms with van der Waals surface area (Å²) in [6, 6.07) is 8.79. The summed E-state index contributed by atoms with van der Waals surface area (Å²) < 4.78 is 0. The topological polar surface area (TPSA) is 41.3 Å². The molecule has 2 rings (SSSR count). The minimum absolute atomic E-state index is 0.0380. The minimum atomic E-state index is -0.0380. The fourth-order valence-corrected chi connectivity index (χ4v) is 3.42. The van der Waals surface area contributed by atoms with E-state index in [4.69, 9.17) is 5.73 Å². The Hall–Kier alpha value is -1.06. The van der Waals surface area contributed by atoms with Gasteiger partial charge in [0.25, 0.3) is 0 Å². The average Bonchev–Trinajstić information content (AvgIpc) is 2.45. The van der Waals surface area contributed by atoms with Crippen LogP contribution in [0.15, 0.2) is 24.3 Å². The van der Waals surface area contributed by atoms with Crippen LogP contribution in [0.2, 0.25) is 0 Å². The van der Waals surface area contributed by atoms with Gasteiger partial charge in [-0.25, -0.2) is 0 Å². The van der Waals surface area contributed by atoms with Crippen LogP contribution in [0.4, 0.5) is 5.69 Å². The Balaban J connectivity index is 2.25. The zero-order valence-corrected chi connectivity index (χ0v) is 13.2. The van der Waals surface area contributed by atoms with Gasteiger partial charge in [0.15, 0.2) is 0 Å². The molecule has 1 aliphatic carbocycles. The predicted octanol–water partition coefficient (Wildman–Crippen LogP) is 3.04. The summed E-state index contributed by atoms with van der Waals surface area (Å²) in [7, 11) is 6.24. The SMILES string of the molecule is CNc1ccc(C(CN(C)C)C2(N)CCCCC2)cc1. The third-order valence-electron chi connectivity index (χ3n) is 4.63. The first-order valence-electron chi connectivity index (χ1n) is 7.76. The molecule has 0 aliphatic heterocycles. The van der Waals surface area contributed by atoms with Crippen LogP contribution in [0.25, 0.3) is 0 Å². The van der Waals surface area contributed by atoms with Gasteiger partial charge in [0.2, 0.25) is 0 Å². The molecule has 1 atom stereocenters. The largest absolute Gasteiger partial charge is 0.388 e. The monoisotopic (exact) mass is 275 g/mol. The van der Waals surface area contributed by atoms with E-state index in [1.807, 2.05) is 7.05 Å². The lowest BCUT2D eigenvalue weighted by molar-refractivity contribution is 0.210. The molecule has 0 spiro atoms. The highest BCUT2D eigenvalue weighted by Gasteiger charge is 2.37. The van der Waals surface area contributed by atoms with Gasteiger partial charge in [0.1, 0.15) is 0 Å². The van der Waals surface area contributed by atoms with Gasteiger partial charge in [-0.3, -0.25) is 0 Å². The number of rotatable bonds is 5. The summed E-state index contributed by atoms with van der Waals surface area (Å²) in [6.45, 7) is 1.02. The van der Waals surface area contributed by atoms with Gasteiger partial charge >= 0.3 is 0 Å². The first kappa shape index (κ1) is 15.3. The van der Waals surface area contributed by atoms with Crippen LogP contribution < -0.4 is 11.1 Å². The van der Waals surface area contributed by atoms with Gasteiger partial charge in [-0.15, -0.1) is 0 Å². The fraction of sp³-hybridized carbons (Fsp3) is 0.647. The molecule has 1 aliphatic rings. The normalized spacial score (nSPS) is 19.9. The maximum atomic E-state index is 6.81. The van der Waals surface area contributed by atoms with Crippen LogP contribution in [0.1, 0.15) is 43.6 Å². The van der Waals surface area contributed by atoms with Crippen LogP contribution in [-0.4, -0.2) is 38.1 Å². The van der Waals surface area contributed by atoms with Crippen LogP contribution in [-0.2, 0) is 0 Å². The molecule has 0 heterocycles. The van der Waals surface area contributed by atoms with Crippen molar-refractivity contribution in [1.29, 1.82) is 0 Å². The summed E-state index contributed by atoms with van der Waals surface area (Å²) in [6.07, 6.45) is 6.19. The van der Waals surface area contributed by atoms with Crippen LogP contribution in [0, 0.1) is 0 Å². The van der Waals surface area contributed by atoms with Crippen LogP contribution in [0.3, 0.4) is 0 Å². The molecular weight excluding hydrogens is 246 g/mol. The van der Waals surface area contributed by atoms with Crippen molar-refractivity contribution in [2.45, 2.75) is 43.6 Å². The van der Waals surface area contributed by atoms with Gasteiger partial charge < -0.3 is 16.0 Å². The molecule has 1 saturated carbocycles. The molecule has 0 saturated heterocycles. The molecule has 0 amide bonds. The number of hydrogen-bond donors (Lipinski definition) is 2. The second-order valence-electron chi connectivity index (χ2n) is 6.48. The Morgan fingerprint density at radius 3 is 2.25 bits per heavy atom. The molecule has 112 valence electrons. The third-order valence-corrected chi connectivity index (χ3v) is 4.63. The number of anilines is 1. The molecule has 3 nitrogen and oxygen atoms in total. The molecule has 1 aromatic carbocycles. The number of nitrogens with zero attached hydrogens (tertiary/aromatic N) is 1. The quantitative estimate of drug-likeness (QED) is 0.868. The Bertz CT molecular complexity index is 405. The Morgan fingerprint density at radius 1 is 1.15 bits per heavy atom. The summed E-state index contributed by atoms with van der Waals surface area (Å²) in [5.74, 6) is 0.420. The number of likely N-dealkylation sites (N-methyl/N-ethyl adjacent to an activating group) is 1. The molecule has 1 fully saturated rings. The van der Waals surface area contributed by atoms with E-state index in [1.165, 1.54) is 24.8 Å². The van der Waals surface area contributed by atoms with E-state index < -0.39 is 0 Å². The maximum Gasteiger partial charge on any atom is 0.0337 e. The molecule has 0 aromatic heterocycles. The van der Waals surface area contributed by atoms with Crippen molar-refractivity contribution in [3.63, 3.8) is 0 Å². The van der Waals surface area contributed by atoms with Gasteiger partial charge in [0.05, 0.1) is 0 Å². The highest BCUT2D eigenvalue weighted by molar-refractivity contribution is 5.45. The maximum absolute atomic E-state index is 6.81. The fourth-order valence-electron chi connectivity index (χ4n) is 3.42. The summed E-state index contributed by atoms with van der Waals surface area (Å²) in [5, 5.41) is 3.18. The lowest BCUT2D eigenvalue weighted by Crippen LogP contribution is -2.50. The van der Waals surface area contributed by atoms with Crippen molar-refractivity contribution in [3.05, 3.63) is 29.8 Å². The number of benzene rings is 1. The van der Waals surface area contributed by atoms with Crippen molar-refractivity contribution < 1.29 is 0 Å². The van der Waals surface area contributed by atoms with Crippen LogP contribution in [0.5, 0.6) is 0 Å². The van der Waals surface area contributed by atoms with Gasteiger partial charge in [-0.1, -0.05) is 31.4 Å². The van der Waals surface area contributed by atoms with E-state index in [0.29, 0.717) is 5.92 Å². The van der Waals surface area contributed by atoms with E-state index >= 15 is 0 Å². The van der Waals surface area contributed by atoms with Crippen molar-refractivity contribution in [3.8, 4) is 0 Å². The highest BCUT2D eigenvalue weighted by atomic mass is 15.1. The molecule has 3 heteroatoms. The van der Waals surface area contributed by atoms with Crippen molar-refractivity contribution in [1.82, 2.24) is 4.90 Å². The molecule has 20 heavy (non-hydrogen) atoms. The first-order chi connectivity index (χ1) is 9.55. The number of nitrogens with one attached hydrogen (secondary N) is 1. The highest BCUT2D eigenvalue weighted by Crippen LogP contribution is 2.38. The van der Waals surface area contributed by atoms with Crippen molar-refractivity contribution in [2.24, 2.45) is 5.73 Å². The van der Waals surface area contributed by atoms with Gasteiger partial charge in [-0.2, -0.15) is 0 Å². The Kier molecular flexibility index (Phi) is 5.06. The second-order valence-corrected chi connectivity index (χ2v) is 6.48. The molecule has 1 unspecified atom stereocenters. The van der Waals surface area contributed by atoms with Crippen molar-refractivity contribution in [2.75, 3.05) is 33.0 Å². The lowest BCUT2D eigenvalue weighted by Gasteiger charge is -2.42. The Labute approximate surface area is 123 Å². The molecule has 1 aromatic rings. The minimum Gasteiger partial charge on any atom is -0.388 e. The molecule has 0 bridgehead atoms. The number of nitrogens with two attached hydrogens (primary N) is 1.